The molecule has 6 nitrogen and oxygen atoms in total. The zero-order valence-electron chi connectivity index (χ0n) is 18.3. The van der Waals surface area contributed by atoms with Crippen molar-refractivity contribution < 1.29 is 23.8 Å². The fourth-order valence-corrected chi connectivity index (χ4v) is 3.58. The SMILES string of the molecule is COc1ccnc(C(=S)NCC(=O)OC(Cc2ccc(F)cc2)C(C)c2ccccc2)c1O. The summed E-state index contributed by atoms with van der Waals surface area (Å²) >= 11 is 5.26. The van der Waals surface area contributed by atoms with Gasteiger partial charge < -0.3 is 19.9 Å². The molecule has 0 radical (unpaired) electrons. The minimum Gasteiger partial charge on any atom is -0.503 e. The van der Waals surface area contributed by atoms with Gasteiger partial charge in [-0.05, 0) is 23.3 Å². The lowest BCUT2D eigenvalue weighted by molar-refractivity contribution is -0.148. The highest BCUT2D eigenvalue weighted by molar-refractivity contribution is 7.80. The van der Waals surface area contributed by atoms with E-state index in [1.165, 1.54) is 31.5 Å². The van der Waals surface area contributed by atoms with E-state index in [1.54, 1.807) is 12.1 Å². The van der Waals surface area contributed by atoms with Crippen molar-refractivity contribution >= 4 is 23.2 Å². The Morgan fingerprint density at radius 3 is 2.52 bits per heavy atom. The number of benzene rings is 2. The molecule has 0 amide bonds. The molecule has 2 atom stereocenters. The Morgan fingerprint density at radius 1 is 1.15 bits per heavy atom. The summed E-state index contributed by atoms with van der Waals surface area (Å²) in [4.78, 5) is 16.8. The minimum absolute atomic E-state index is 0.0922. The van der Waals surface area contributed by atoms with E-state index in [0.29, 0.717) is 6.42 Å². The Morgan fingerprint density at radius 2 is 1.85 bits per heavy atom. The lowest BCUT2D eigenvalue weighted by Crippen LogP contribution is -2.34. The number of rotatable bonds is 9. The molecule has 0 aliphatic heterocycles. The number of carbonyl (C=O) groups excluding carboxylic acids is 1. The van der Waals surface area contributed by atoms with Gasteiger partial charge in [-0.15, -0.1) is 0 Å². The van der Waals surface area contributed by atoms with Crippen molar-refractivity contribution in [2.75, 3.05) is 13.7 Å². The summed E-state index contributed by atoms with van der Waals surface area (Å²) in [6, 6.07) is 17.3. The number of pyridine rings is 1. The molecule has 1 aromatic heterocycles. The fourth-order valence-electron chi connectivity index (χ4n) is 3.36. The van der Waals surface area contributed by atoms with Crippen LogP contribution in [0.5, 0.6) is 11.5 Å². The number of hydrogen-bond donors (Lipinski definition) is 2. The number of hydrogen-bond acceptors (Lipinski definition) is 6. The molecule has 172 valence electrons. The van der Waals surface area contributed by atoms with Gasteiger partial charge in [0.1, 0.15) is 29.1 Å². The lowest BCUT2D eigenvalue weighted by atomic mass is 9.91. The van der Waals surface area contributed by atoms with E-state index in [1.807, 2.05) is 37.3 Å². The first-order valence-electron chi connectivity index (χ1n) is 10.4. The van der Waals surface area contributed by atoms with Gasteiger partial charge in [0.05, 0.1) is 7.11 Å². The number of thiocarbonyl (C=S) groups is 1. The number of nitrogens with one attached hydrogen (secondary N) is 1. The quantitative estimate of drug-likeness (QED) is 0.361. The second-order valence-corrected chi connectivity index (χ2v) is 7.86. The van der Waals surface area contributed by atoms with Crippen LogP contribution in [0.15, 0.2) is 66.9 Å². The van der Waals surface area contributed by atoms with Gasteiger partial charge in [0.25, 0.3) is 0 Å². The largest absolute Gasteiger partial charge is 0.503 e. The van der Waals surface area contributed by atoms with Crippen LogP contribution in [-0.4, -0.2) is 40.8 Å². The van der Waals surface area contributed by atoms with Crippen molar-refractivity contribution in [2.24, 2.45) is 0 Å². The molecule has 0 aliphatic carbocycles. The van der Waals surface area contributed by atoms with E-state index < -0.39 is 12.1 Å². The molecule has 0 fully saturated rings. The monoisotopic (exact) mass is 468 g/mol. The summed E-state index contributed by atoms with van der Waals surface area (Å²) in [7, 11) is 1.42. The second kappa shape index (κ2) is 11.4. The van der Waals surface area contributed by atoms with E-state index in [9.17, 15) is 14.3 Å². The molecular weight excluding hydrogens is 443 g/mol. The first-order chi connectivity index (χ1) is 15.9. The molecular formula is C25H25FN2O4S. The molecule has 0 saturated carbocycles. The van der Waals surface area contributed by atoms with Crippen molar-refractivity contribution in [3.8, 4) is 11.5 Å². The number of esters is 1. The number of ether oxygens (including phenoxy) is 2. The van der Waals surface area contributed by atoms with Gasteiger partial charge in [-0.3, -0.25) is 4.79 Å². The molecule has 0 bridgehead atoms. The number of methoxy groups -OCH3 is 1. The van der Waals surface area contributed by atoms with Gasteiger partial charge in [0.15, 0.2) is 11.5 Å². The van der Waals surface area contributed by atoms with Crippen molar-refractivity contribution in [3.05, 3.63) is 89.5 Å². The summed E-state index contributed by atoms with van der Waals surface area (Å²) < 4.78 is 24.2. The van der Waals surface area contributed by atoms with Crippen LogP contribution in [-0.2, 0) is 16.0 Å². The van der Waals surface area contributed by atoms with Crippen LogP contribution in [0.2, 0.25) is 0 Å². The molecule has 33 heavy (non-hydrogen) atoms. The van der Waals surface area contributed by atoms with Crippen LogP contribution >= 0.6 is 12.2 Å². The summed E-state index contributed by atoms with van der Waals surface area (Å²) in [6.45, 7) is 1.77. The molecule has 0 aliphatic rings. The predicted octanol–water partition coefficient (Wildman–Crippen LogP) is 4.16. The third kappa shape index (κ3) is 6.49. The number of nitrogens with zero attached hydrogens (tertiary/aromatic N) is 1. The van der Waals surface area contributed by atoms with E-state index in [4.69, 9.17) is 21.7 Å². The zero-order valence-corrected chi connectivity index (χ0v) is 19.1. The number of aromatic nitrogens is 1. The van der Waals surface area contributed by atoms with Gasteiger partial charge >= 0.3 is 5.97 Å². The summed E-state index contributed by atoms with van der Waals surface area (Å²) in [5, 5.41) is 13.0. The molecule has 8 heteroatoms. The first-order valence-corrected chi connectivity index (χ1v) is 10.8. The van der Waals surface area contributed by atoms with Crippen LogP contribution in [0.1, 0.15) is 29.7 Å². The first kappa shape index (κ1) is 24.1. The minimum atomic E-state index is -0.519. The zero-order chi connectivity index (χ0) is 23.8. The van der Waals surface area contributed by atoms with Gasteiger partial charge in [0.2, 0.25) is 0 Å². The van der Waals surface area contributed by atoms with Gasteiger partial charge in [0, 0.05) is 24.6 Å². The topological polar surface area (TPSA) is 80.7 Å². The van der Waals surface area contributed by atoms with Crippen molar-refractivity contribution in [3.63, 3.8) is 0 Å². The van der Waals surface area contributed by atoms with E-state index in [0.717, 1.165) is 11.1 Å². The van der Waals surface area contributed by atoms with E-state index >= 15 is 0 Å². The Balaban J connectivity index is 1.69. The lowest BCUT2D eigenvalue weighted by Gasteiger charge is -2.25. The predicted molar refractivity (Wildman–Crippen MR) is 127 cm³/mol. The van der Waals surface area contributed by atoms with Gasteiger partial charge in [-0.2, -0.15) is 0 Å². The molecule has 2 N–H and O–H groups in total. The average Bonchev–Trinajstić information content (AvgIpc) is 2.83. The Bertz CT molecular complexity index is 1090. The van der Waals surface area contributed by atoms with E-state index in [2.05, 4.69) is 10.3 Å². The Hall–Kier alpha value is -3.52. The maximum absolute atomic E-state index is 13.3. The second-order valence-electron chi connectivity index (χ2n) is 7.45. The van der Waals surface area contributed by atoms with E-state index in [-0.39, 0.29) is 40.5 Å². The average molecular weight is 469 g/mol. The highest BCUT2D eigenvalue weighted by Gasteiger charge is 2.24. The highest BCUT2D eigenvalue weighted by Crippen LogP contribution is 2.28. The number of carbonyl (C=O) groups is 1. The van der Waals surface area contributed by atoms with Gasteiger partial charge in [-0.25, -0.2) is 9.37 Å². The van der Waals surface area contributed by atoms with Gasteiger partial charge in [-0.1, -0.05) is 61.6 Å². The third-order valence-electron chi connectivity index (χ3n) is 5.23. The molecule has 2 unspecified atom stereocenters. The number of aromatic hydroxyl groups is 1. The molecule has 3 aromatic rings. The van der Waals surface area contributed by atoms with Crippen LogP contribution in [0.3, 0.4) is 0 Å². The molecule has 0 saturated heterocycles. The smallest absolute Gasteiger partial charge is 0.325 e. The summed E-state index contributed by atoms with van der Waals surface area (Å²) in [5.74, 6) is -0.929. The Kier molecular flexibility index (Phi) is 8.32. The fraction of sp³-hybridized carbons (Fsp3) is 0.240. The van der Waals surface area contributed by atoms with Crippen LogP contribution in [0, 0.1) is 5.82 Å². The maximum Gasteiger partial charge on any atom is 0.325 e. The van der Waals surface area contributed by atoms with Crippen LogP contribution < -0.4 is 10.1 Å². The summed E-state index contributed by atoms with van der Waals surface area (Å²) in [6.07, 6.45) is 1.38. The normalized spacial score (nSPS) is 12.5. The van der Waals surface area contributed by atoms with Crippen LogP contribution in [0.4, 0.5) is 4.39 Å². The van der Waals surface area contributed by atoms with Crippen molar-refractivity contribution in [2.45, 2.75) is 25.4 Å². The molecule has 2 aromatic carbocycles. The molecule has 1 heterocycles. The van der Waals surface area contributed by atoms with Crippen LogP contribution in [0.25, 0.3) is 0 Å². The van der Waals surface area contributed by atoms with Crippen molar-refractivity contribution in [1.82, 2.24) is 10.3 Å². The molecule has 3 rings (SSSR count). The maximum atomic E-state index is 13.3. The standard InChI is InChI=1S/C25H25FN2O4S/c1-16(18-6-4-3-5-7-18)21(14-17-8-10-19(26)11-9-17)32-22(29)15-28-25(33)23-24(30)20(31-2)12-13-27-23/h3-13,16,21,30H,14-15H2,1-2H3,(H,28,33). The summed E-state index contributed by atoms with van der Waals surface area (Å²) in [5.41, 5.74) is 1.98. The Labute approximate surface area is 197 Å². The highest BCUT2D eigenvalue weighted by atomic mass is 32.1. The number of halogens is 1. The van der Waals surface area contributed by atoms with Crippen molar-refractivity contribution in [1.29, 1.82) is 0 Å². The molecule has 0 spiro atoms. The third-order valence-corrected chi connectivity index (χ3v) is 5.57.